The number of allylic oxidation sites excluding steroid dienone is 4. The molecule has 0 radical (unpaired) electrons. The number of carbonyl (C=O) groups is 4. The fourth-order valence-electron chi connectivity index (χ4n) is 9.83. The van der Waals surface area contributed by atoms with E-state index in [2.05, 4.69) is 4.84 Å². The Morgan fingerprint density at radius 3 is 2.46 bits per heavy atom. The number of rotatable bonds is 13. The van der Waals surface area contributed by atoms with E-state index in [1.807, 2.05) is 6.92 Å². The molecule has 1 aromatic rings. The Bertz CT molecular complexity index is 1700. The lowest BCUT2D eigenvalue weighted by atomic mass is 9.44. The zero-order valence-corrected chi connectivity index (χ0v) is 30.8. The minimum Gasteiger partial charge on any atom is -0.465 e. The second-order valence-electron chi connectivity index (χ2n) is 15.8. The monoisotopic (exact) mass is 760 g/mol. The van der Waals surface area contributed by atoms with Crippen LogP contribution in [-0.4, -0.2) is 99.7 Å². The van der Waals surface area contributed by atoms with Crippen molar-refractivity contribution in [2.24, 2.45) is 28.4 Å². The summed E-state index contributed by atoms with van der Waals surface area (Å²) < 4.78 is 46.2. The average molecular weight is 761 g/mol. The number of fused-ring (bicyclic) bond motifs is 7. The number of nitrogens with zero attached hydrogens (tertiary/aromatic N) is 1. The Morgan fingerprint density at radius 1 is 1.06 bits per heavy atom. The number of benzene rings is 1. The van der Waals surface area contributed by atoms with Crippen LogP contribution >= 0.6 is 0 Å². The zero-order chi connectivity index (χ0) is 39.3. The Labute approximate surface area is 312 Å². The molecule has 5 aliphatic rings. The number of nitrogens with two attached hydrogens (primary N) is 1. The van der Waals surface area contributed by atoms with Crippen molar-refractivity contribution in [3.05, 3.63) is 53.6 Å². The number of hydrogen-bond donors (Lipinski definition) is 4. The van der Waals surface area contributed by atoms with Crippen molar-refractivity contribution in [2.75, 3.05) is 19.8 Å². The first-order chi connectivity index (χ1) is 25.4. The van der Waals surface area contributed by atoms with Crippen molar-refractivity contribution in [1.29, 1.82) is 0 Å². The molecule has 4 fully saturated rings. The average Bonchev–Trinajstić information content (AvgIpc) is 3.51. The van der Waals surface area contributed by atoms with Crippen molar-refractivity contribution in [2.45, 2.75) is 108 Å². The summed E-state index contributed by atoms with van der Waals surface area (Å²) in [5, 5.41) is 28.4. The van der Waals surface area contributed by atoms with Gasteiger partial charge < -0.3 is 34.5 Å². The normalized spacial score (nSPS) is 35.3. The molecule has 0 aromatic heterocycles. The minimum absolute atomic E-state index is 0.0220. The third-order valence-corrected chi connectivity index (χ3v) is 12.2. The Morgan fingerprint density at radius 2 is 1.76 bits per heavy atom. The van der Waals surface area contributed by atoms with Gasteiger partial charge in [0.05, 0.1) is 30.8 Å². The van der Waals surface area contributed by atoms with Gasteiger partial charge in [-0.1, -0.05) is 30.7 Å². The number of carbonyl (C=O) groups excluding carboxylic acids is 4. The maximum absolute atomic E-state index is 17.7. The van der Waals surface area contributed by atoms with E-state index in [1.165, 1.54) is 24.3 Å². The van der Waals surface area contributed by atoms with Crippen LogP contribution in [0.1, 0.15) is 71.8 Å². The van der Waals surface area contributed by atoms with Gasteiger partial charge in [0, 0.05) is 16.7 Å². The summed E-state index contributed by atoms with van der Waals surface area (Å²) in [5.74, 6) is -3.61. The van der Waals surface area contributed by atoms with Crippen molar-refractivity contribution >= 4 is 23.7 Å². The fourth-order valence-corrected chi connectivity index (χ4v) is 9.83. The second-order valence-corrected chi connectivity index (χ2v) is 15.8. The number of halogens is 1. The predicted octanol–water partition coefficient (Wildman–Crippen LogP) is 3.85. The maximum Gasteiger partial charge on any atom is 0.514 e. The van der Waals surface area contributed by atoms with Crippen molar-refractivity contribution in [3.63, 3.8) is 0 Å². The van der Waals surface area contributed by atoms with Crippen LogP contribution in [0.4, 0.5) is 9.18 Å². The summed E-state index contributed by atoms with van der Waals surface area (Å²) in [4.78, 5) is 56.0. The van der Waals surface area contributed by atoms with Crippen LogP contribution in [0.5, 0.6) is 5.75 Å². The molecule has 3 unspecified atom stereocenters. The highest BCUT2D eigenvalue weighted by Crippen LogP contribution is 2.72. The van der Waals surface area contributed by atoms with E-state index in [0.29, 0.717) is 36.8 Å². The topological polar surface area (TPSA) is 214 Å². The second kappa shape index (κ2) is 14.8. The number of ether oxygens (including phenoxy) is 5. The van der Waals surface area contributed by atoms with Crippen LogP contribution in [0.3, 0.4) is 0 Å². The SMILES string of the molecule is CC1(C)O[C@@H]2CC3C4CCC5=CC(=O)C=C[C@]5(C)[C@@]4(F)[C@@H](O)CC3(C)[C@]2(C(=O)COC(=O)Oc2ccc(C[C@H](N)C(=O)OCCCCON(O)O)cc2)O1. The number of esters is 1. The number of aliphatic hydroxyl groups is 1. The molecule has 296 valence electrons. The molecule has 16 heteroatoms. The molecule has 0 bridgehead atoms. The lowest BCUT2D eigenvalue weighted by Crippen LogP contribution is -2.70. The van der Waals surface area contributed by atoms with Gasteiger partial charge >= 0.3 is 12.1 Å². The first kappa shape index (κ1) is 40.1. The highest BCUT2D eigenvalue weighted by atomic mass is 19.1. The maximum atomic E-state index is 17.7. The van der Waals surface area contributed by atoms with E-state index in [1.54, 1.807) is 39.0 Å². The van der Waals surface area contributed by atoms with E-state index in [9.17, 15) is 24.3 Å². The van der Waals surface area contributed by atoms with Crippen molar-refractivity contribution in [1.82, 2.24) is 5.39 Å². The van der Waals surface area contributed by atoms with Gasteiger partial charge in [-0.2, -0.15) is 0 Å². The van der Waals surface area contributed by atoms with Gasteiger partial charge in [-0.25, -0.2) is 9.18 Å². The number of aliphatic hydroxyl groups excluding tert-OH is 1. The molecule has 54 heavy (non-hydrogen) atoms. The predicted molar refractivity (Wildman–Crippen MR) is 183 cm³/mol. The number of Topliss-reactive ketones (excluding diaryl/α,β-unsaturated/α-hetero) is 1. The van der Waals surface area contributed by atoms with Crippen LogP contribution in [0.15, 0.2) is 48.1 Å². The molecular weight excluding hydrogens is 711 g/mol. The molecule has 9 atom stereocenters. The largest absolute Gasteiger partial charge is 0.514 e. The van der Waals surface area contributed by atoms with Crippen LogP contribution in [0.2, 0.25) is 0 Å². The number of unbranched alkanes of at least 4 members (excludes halogenated alkanes) is 1. The standard InChI is InChI=1S/C38H49FN2O13/c1-34(2)53-31-19-27-26-12-9-23-18-24(42)13-14-35(23,3)37(26,39)29(43)20-36(27,4)38(31,54-34)30(44)21-50-33(46)52-25-10-7-22(8-11-25)17-28(40)32(45)49-15-5-6-16-51-41(47)48/h7-8,10-11,13-14,18,26-29,31,43,47-48H,5-6,9,12,15-17,19-21,40H2,1-4H3/t26?,27?,28-,29-,31+,35-,36?,37-,38+/m0/s1. The number of alkyl halides is 1. The van der Waals surface area contributed by atoms with Gasteiger partial charge in [0.15, 0.2) is 29.4 Å². The van der Waals surface area contributed by atoms with Gasteiger partial charge in [-0.05, 0) is 101 Å². The van der Waals surface area contributed by atoms with E-state index < -0.39 is 87.9 Å². The van der Waals surface area contributed by atoms with Gasteiger partial charge in [0.2, 0.25) is 5.78 Å². The highest BCUT2D eigenvalue weighted by molar-refractivity contribution is 6.01. The third kappa shape index (κ3) is 6.91. The fraction of sp³-hybridized carbons (Fsp3) is 0.632. The van der Waals surface area contributed by atoms with E-state index >= 15 is 4.39 Å². The van der Waals surface area contributed by atoms with Crippen molar-refractivity contribution in [3.8, 4) is 5.75 Å². The molecule has 15 nitrogen and oxygen atoms in total. The van der Waals surface area contributed by atoms with E-state index in [0.717, 1.165) is 0 Å². The zero-order valence-electron chi connectivity index (χ0n) is 30.8. The van der Waals surface area contributed by atoms with Gasteiger partial charge in [-0.15, -0.1) is 0 Å². The first-order valence-electron chi connectivity index (χ1n) is 18.3. The highest BCUT2D eigenvalue weighted by Gasteiger charge is 2.80. The molecule has 1 saturated heterocycles. The number of hydrogen-bond acceptors (Lipinski definition) is 15. The summed E-state index contributed by atoms with van der Waals surface area (Å²) in [6, 6.07) is 5.20. The molecule has 1 aromatic carbocycles. The van der Waals surface area contributed by atoms with Gasteiger partial charge in [0.1, 0.15) is 11.8 Å². The van der Waals surface area contributed by atoms with E-state index in [4.69, 9.17) is 39.8 Å². The van der Waals surface area contributed by atoms with Crippen molar-refractivity contribution < 1.29 is 67.6 Å². The lowest BCUT2D eigenvalue weighted by molar-refractivity contribution is -0.492. The Kier molecular flexibility index (Phi) is 11.0. The molecule has 6 rings (SSSR count). The smallest absolute Gasteiger partial charge is 0.465 e. The summed E-state index contributed by atoms with van der Waals surface area (Å²) in [5.41, 5.74) is 1.22. The Balaban J connectivity index is 1.07. The van der Waals surface area contributed by atoms with Gasteiger partial charge in [-0.3, -0.25) is 29.6 Å². The first-order valence-corrected chi connectivity index (χ1v) is 18.3. The molecule has 1 aliphatic heterocycles. The summed E-state index contributed by atoms with van der Waals surface area (Å²) >= 11 is 0. The third-order valence-electron chi connectivity index (χ3n) is 12.2. The number of ketones is 2. The lowest BCUT2D eigenvalue weighted by Gasteiger charge is -2.62. The quantitative estimate of drug-likeness (QED) is 0.0973. The molecule has 4 aliphatic carbocycles. The van der Waals surface area contributed by atoms with Crippen LogP contribution in [0, 0.1) is 22.7 Å². The summed E-state index contributed by atoms with van der Waals surface area (Å²) in [6.07, 6.45) is 2.91. The van der Waals surface area contributed by atoms with Crippen LogP contribution < -0.4 is 10.5 Å². The van der Waals surface area contributed by atoms with Gasteiger partial charge in [0.25, 0.3) is 0 Å². The minimum atomic E-state index is -2.11. The molecule has 3 saturated carbocycles. The molecule has 1 heterocycles. The molecule has 0 spiro atoms. The van der Waals surface area contributed by atoms with Crippen LogP contribution in [0.25, 0.3) is 0 Å². The summed E-state index contributed by atoms with van der Waals surface area (Å²) in [7, 11) is 0. The molecular formula is C38H49FN2O13. The Hall–Kier alpha value is -3.61. The molecule has 5 N–H and O–H groups in total. The van der Waals surface area contributed by atoms with E-state index in [-0.39, 0.29) is 44.0 Å². The molecule has 0 amide bonds. The summed E-state index contributed by atoms with van der Waals surface area (Å²) in [6.45, 7) is 6.28. The van der Waals surface area contributed by atoms with Crippen LogP contribution in [-0.2, 0) is 44.6 Å².